The van der Waals surface area contributed by atoms with Crippen molar-refractivity contribution in [3.63, 3.8) is 0 Å². The van der Waals surface area contributed by atoms with E-state index >= 15 is 0 Å². The van der Waals surface area contributed by atoms with Crippen molar-refractivity contribution in [2.45, 2.75) is 71.2 Å². The van der Waals surface area contributed by atoms with Crippen molar-refractivity contribution in [3.8, 4) is 5.75 Å². The molecule has 0 radical (unpaired) electrons. The molecule has 206 valence electrons. The molecule has 2 atom stereocenters. The summed E-state index contributed by atoms with van der Waals surface area (Å²) in [5.41, 5.74) is 3.10. The quantitative estimate of drug-likeness (QED) is 0.316. The number of aryl methyl sites for hydroxylation is 1. The highest BCUT2D eigenvalue weighted by Crippen LogP contribution is 2.33. The van der Waals surface area contributed by atoms with Gasteiger partial charge in [-0.05, 0) is 85.2 Å². The predicted molar refractivity (Wildman–Crippen MR) is 151 cm³/mol. The molecule has 0 saturated carbocycles. The molecule has 1 N–H and O–H groups in total. The number of fused-ring (bicyclic) bond motifs is 1. The molecule has 4 aromatic rings. The Bertz CT molecular complexity index is 1470. The van der Waals surface area contributed by atoms with Crippen molar-refractivity contribution < 1.29 is 9.47 Å². The van der Waals surface area contributed by atoms with E-state index in [-0.39, 0.29) is 17.2 Å². The number of aromatic nitrogens is 5. The Labute approximate surface area is 229 Å². The third-order valence-electron chi connectivity index (χ3n) is 7.96. The molecule has 2 aromatic carbocycles. The fourth-order valence-electron chi connectivity index (χ4n) is 5.32. The van der Waals surface area contributed by atoms with E-state index < -0.39 is 6.04 Å². The zero-order valence-corrected chi connectivity index (χ0v) is 23.5. The zero-order chi connectivity index (χ0) is 27.6. The lowest BCUT2D eigenvalue weighted by molar-refractivity contribution is 0.0562. The first-order chi connectivity index (χ1) is 18.8. The van der Waals surface area contributed by atoms with E-state index in [0.29, 0.717) is 24.5 Å². The number of nitrogens with zero attached hydrogens (tertiary/aromatic N) is 5. The maximum absolute atomic E-state index is 13.8. The fourth-order valence-corrected chi connectivity index (χ4v) is 5.32. The van der Waals surface area contributed by atoms with Gasteiger partial charge >= 0.3 is 0 Å². The number of rotatable bonds is 10. The van der Waals surface area contributed by atoms with Gasteiger partial charge in [-0.15, -0.1) is 5.10 Å². The molecule has 0 amide bonds. The molecule has 0 bridgehead atoms. The number of hydrogen-bond acceptors (Lipinski definition) is 7. The maximum Gasteiger partial charge on any atom is 0.253 e. The number of pyridine rings is 1. The van der Waals surface area contributed by atoms with Crippen molar-refractivity contribution in [1.82, 2.24) is 30.1 Å². The first-order valence-corrected chi connectivity index (χ1v) is 13.7. The van der Waals surface area contributed by atoms with E-state index in [0.717, 1.165) is 53.6 Å². The average molecular weight is 531 g/mol. The normalized spacial score (nSPS) is 16.7. The number of tetrazole rings is 1. The van der Waals surface area contributed by atoms with Crippen LogP contribution in [0.4, 0.5) is 0 Å². The van der Waals surface area contributed by atoms with Crippen LogP contribution in [0, 0.1) is 6.92 Å². The molecule has 1 saturated heterocycles. The Morgan fingerprint density at radius 3 is 2.72 bits per heavy atom. The molecule has 0 aliphatic carbocycles. The van der Waals surface area contributed by atoms with Crippen LogP contribution in [0.1, 0.15) is 68.6 Å². The monoisotopic (exact) mass is 530 g/mol. The van der Waals surface area contributed by atoms with Crippen LogP contribution in [-0.4, -0.2) is 56.5 Å². The second kappa shape index (κ2) is 11.3. The maximum atomic E-state index is 13.8. The standard InChI is InChI=1S/C30H38N6O3/c1-6-30(3,4)36-28(32-33-34-36)27(25-17-22-10-7-9-20(2)26(22)31-29(25)37)35(19-24-11-8-16-39-24)18-21-12-14-23(38-5)15-13-21/h7,9-10,12-15,17,24,27H,6,8,11,16,18-19H2,1-5H3,(H,31,37)/t24-,27+/m1/s1. The second-order valence-corrected chi connectivity index (χ2v) is 11.0. The summed E-state index contributed by atoms with van der Waals surface area (Å²) in [7, 11) is 1.66. The summed E-state index contributed by atoms with van der Waals surface area (Å²) >= 11 is 0. The van der Waals surface area contributed by atoms with Crippen molar-refractivity contribution in [1.29, 1.82) is 0 Å². The Kier molecular flexibility index (Phi) is 7.81. The largest absolute Gasteiger partial charge is 0.497 e. The second-order valence-electron chi connectivity index (χ2n) is 11.0. The van der Waals surface area contributed by atoms with Crippen molar-refractivity contribution in [2.24, 2.45) is 0 Å². The number of aromatic amines is 1. The van der Waals surface area contributed by atoms with Crippen LogP contribution in [0.2, 0.25) is 0 Å². The molecule has 9 heteroatoms. The van der Waals surface area contributed by atoms with E-state index in [1.807, 2.05) is 48.0 Å². The number of methoxy groups -OCH3 is 1. The third kappa shape index (κ3) is 5.60. The van der Waals surface area contributed by atoms with E-state index in [1.54, 1.807) is 7.11 Å². The van der Waals surface area contributed by atoms with Crippen LogP contribution in [0.15, 0.2) is 53.3 Å². The highest BCUT2D eigenvalue weighted by Gasteiger charge is 2.36. The van der Waals surface area contributed by atoms with Gasteiger partial charge in [0.25, 0.3) is 5.56 Å². The lowest BCUT2D eigenvalue weighted by Crippen LogP contribution is -2.41. The highest BCUT2D eigenvalue weighted by molar-refractivity contribution is 5.82. The van der Waals surface area contributed by atoms with Gasteiger partial charge in [-0.25, -0.2) is 4.68 Å². The van der Waals surface area contributed by atoms with Crippen LogP contribution >= 0.6 is 0 Å². The zero-order valence-electron chi connectivity index (χ0n) is 23.5. The first-order valence-electron chi connectivity index (χ1n) is 13.7. The summed E-state index contributed by atoms with van der Waals surface area (Å²) in [5.74, 6) is 1.45. The summed E-state index contributed by atoms with van der Waals surface area (Å²) < 4.78 is 13.4. The summed E-state index contributed by atoms with van der Waals surface area (Å²) in [6.07, 6.45) is 2.90. The molecular formula is C30H38N6O3. The van der Waals surface area contributed by atoms with Crippen molar-refractivity contribution >= 4 is 10.9 Å². The third-order valence-corrected chi connectivity index (χ3v) is 7.96. The van der Waals surface area contributed by atoms with Gasteiger partial charge in [0, 0.05) is 25.3 Å². The molecule has 5 rings (SSSR count). The summed E-state index contributed by atoms with van der Waals surface area (Å²) in [6, 6.07) is 15.6. The summed E-state index contributed by atoms with van der Waals surface area (Å²) in [4.78, 5) is 19.3. The molecule has 1 aliphatic rings. The lowest BCUT2D eigenvalue weighted by atomic mass is 9.98. The first kappa shape index (κ1) is 27.0. The van der Waals surface area contributed by atoms with Crippen LogP contribution in [0.5, 0.6) is 5.75 Å². The molecule has 39 heavy (non-hydrogen) atoms. The van der Waals surface area contributed by atoms with Gasteiger partial charge < -0.3 is 14.5 Å². The van der Waals surface area contributed by atoms with E-state index in [2.05, 4.69) is 58.3 Å². The van der Waals surface area contributed by atoms with Gasteiger partial charge in [0.1, 0.15) is 11.8 Å². The Morgan fingerprint density at radius 2 is 2.03 bits per heavy atom. The Hall–Kier alpha value is -3.56. The van der Waals surface area contributed by atoms with Crippen LogP contribution in [0.25, 0.3) is 10.9 Å². The molecule has 0 unspecified atom stereocenters. The van der Waals surface area contributed by atoms with Gasteiger partial charge in [0.05, 0.1) is 24.3 Å². The summed E-state index contributed by atoms with van der Waals surface area (Å²) in [6.45, 7) is 10.3. The van der Waals surface area contributed by atoms with Gasteiger partial charge in [0.15, 0.2) is 5.82 Å². The molecule has 1 fully saturated rings. The fraction of sp³-hybridized carbons (Fsp3) is 0.467. The molecule has 2 aromatic heterocycles. The minimum atomic E-state index is -0.495. The number of ether oxygens (including phenoxy) is 2. The molecule has 3 heterocycles. The van der Waals surface area contributed by atoms with Gasteiger partial charge in [0.2, 0.25) is 0 Å². The Morgan fingerprint density at radius 1 is 1.23 bits per heavy atom. The number of benzene rings is 2. The van der Waals surface area contributed by atoms with Gasteiger partial charge in [-0.2, -0.15) is 0 Å². The van der Waals surface area contributed by atoms with Gasteiger partial charge in [-0.1, -0.05) is 37.3 Å². The number of para-hydroxylation sites is 1. The number of nitrogens with one attached hydrogen (secondary N) is 1. The topological polar surface area (TPSA) is 98.2 Å². The van der Waals surface area contributed by atoms with E-state index in [1.165, 1.54) is 0 Å². The molecule has 1 aliphatic heterocycles. The van der Waals surface area contributed by atoms with Gasteiger partial charge in [-0.3, -0.25) is 9.69 Å². The molecular weight excluding hydrogens is 492 g/mol. The SMILES string of the molecule is CCC(C)(C)n1nnnc1[C@H](c1cc2cccc(C)c2[nH]c1=O)N(Cc1ccc(OC)cc1)C[C@H]1CCCO1. The molecule has 0 spiro atoms. The van der Waals surface area contributed by atoms with E-state index in [9.17, 15) is 4.79 Å². The highest BCUT2D eigenvalue weighted by atomic mass is 16.5. The smallest absolute Gasteiger partial charge is 0.253 e. The number of H-pyrrole nitrogens is 1. The van der Waals surface area contributed by atoms with Crippen molar-refractivity contribution in [2.75, 3.05) is 20.3 Å². The van der Waals surface area contributed by atoms with Crippen LogP contribution in [0.3, 0.4) is 0 Å². The van der Waals surface area contributed by atoms with Crippen LogP contribution < -0.4 is 10.3 Å². The molecule has 9 nitrogen and oxygen atoms in total. The average Bonchev–Trinajstić information content (AvgIpc) is 3.63. The minimum absolute atomic E-state index is 0.0658. The van der Waals surface area contributed by atoms with Crippen LogP contribution in [-0.2, 0) is 16.8 Å². The predicted octanol–water partition coefficient (Wildman–Crippen LogP) is 4.75. The minimum Gasteiger partial charge on any atom is -0.497 e. The Balaban J connectivity index is 1.69. The number of hydrogen-bond donors (Lipinski definition) is 1. The summed E-state index contributed by atoms with van der Waals surface area (Å²) in [5, 5.41) is 14.1. The van der Waals surface area contributed by atoms with E-state index in [4.69, 9.17) is 9.47 Å². The lowest BCUT2D eigenvalue weighted by Gasteiger charge is -2.34. The van der Waals surface area contributed by atoms with Crippen molar-refractivity contribution in [3.05, 3.63) is 81.4 Å².